The van der Waals surface area contributed by atoms with E-state index in [0.29, 0.717) is 42.3 Å². The van der Waals surface area contributed by atoms with Gasteiger partial charge in [-0.2, -0.15) is 0 Å². The van der Waals surface area contributed by atoms with Crippen molar-refractivity contribution in [3.63, 3.8) is 0 Å². The van der Waals surface area contributed by atoms with Crippen LogP contribution in [0.25, 0.3) is 0 Å². The fraction of sp³-hybridized carbons (Fsp3) is 0.684. The monoisotopic (exact) mass is 427 g/mol. The molecule has 0 bridgehead atoms. The Morgan fingerprint density at radius 3 is 2.64 bits per heavy atom. The molecule has 0 spiro atoms. The van der Waals surface area contributed by atoms with Crippen molar-refractivity contribution in [2.45, 2.75) is 58.3 Å². The van der Waals surface area contributed by atoms with Crippen molar-refractivity contribution in [3.05, 3.63) is 11.2 Å². The first-order valence-electron chi connectivity index (χ1n) is 9.72. The minimum absolute atomic E-state index is 0.0448. The number of carbonyl (C=O) groups is 2. The third kappa shape index (κ3) is 6.24. The van der Waals surface area contributed by atoms with Crippen LogP contribution in [0.4, 0.5) is 5.82 Å². The summed E-state index contributed by atoms with van der Waals surface area (Å²) in [4.78, 5) is 37.0. The Hall–Kier alpha value is -1.54. The lowest BCUT2D eigenvalue weighted by Gasteiger charge is -2.40. The van der Waals surface area contributed by atoms with E-state index in [4.69, 9.17) is 11.6 Å². The second kappa shape index (κ2) is 10.3. The van der Waals surface area contributed by atoms with Gasteiger partial charge in [-0.1, -0.05) is 44.1 Å². The van der Waals surface area contributed by atoms with Crippen molar-refractivity contribution in [1.29, 1.82) is 0 Å². The molecule has 1 N–H and O–H groups in total. The molecular weight excluding hydrogens is 398 g/mol. The van der Waals surface area contributed by atoms with Gasteiger partial charge in [0.2, 0.25) is 11.8 Å². The molecule has 1 aromatic heterocycles. The van der Waals surface area contributed by atoms with Crippen LogP contribution in [-0.2, 0) is 9.59 Å². The van der Waals surface area contributed by atoms with Crippen LogP contribution in [-0.4, -0.2) is 64.2 Å². The summed E-state index contributed by atoms with van der Waals surface area (Å²) in [7, 11) is 0. The lowest BCUT2D eigenvalue weighted by Crippen LogP contribution is -2.54. The quantitative estimate of drug-likeness (QED) is 0.409. The van der Waals surface area contributed by atoms with Crippen molar-refractivity contribution >= 4 is 41.0 Å². The number of anilines is 1. The SMILES string of the molecule is CCC(=O)N1CCN(c2cc(Cl)nc(SCC(=O)NC(C)C(C)C)n2)CC1C. The van der Waals surface area contributed by atoms with Crippen LogP contribution in [0.2, 0.25) is 5.15 Å². The van der Waals surface area contributed by atoms with Gasteiger partial charge >= 0.3 is 0 Å². The van der Waals surface area contributed by atoms with Gasteiger partial charge in [0.05, 0.1) is 5.75 Å². The van der Waals surface area contributed by atoms with E-state index >= 15 is 0 Å². The number of aromatic nitrogens is 2. The molecule has 1 saturated heterocycles. The zero-order valence-electron chi connectivity index (χ0n) is 17.2. The lowest BCUT2D eigenvalue weighted by atomic mass is 10.1. The summed E-state index contributed by atoms with van der Waals surface area (Å²) in [6.07, 6.45) is 0.516. The van der Waals surface area contributed by atoms with Gasteiger partial charge in [0.25, 0.3) is 0 Å². The van der Waals surface area contributed by atoms with Crippen LogP contribution in [0.15, 0.2) is 11.2 Å². The third-order valence-electron chi connectivity index (χ3n) is 4.96. The molecule has 2 amide bonds. The first kappa shape index (κ1) is 22.7. The number of thioether (sulfide) groups is 1. The van der Waals surface area contributed by atoms with Crippen LogP contribution >= 0.6 is 23.4 Å². The number of piperazine rings is 1. The number of hydrogen-bond donors (Lipinski definition) is 1. The van der Waals surface area contributed by atoms with Crippen molar-refractivity contribution in [2.75, 3.05) is 30.3 Å². The van der Waals surface area contributed by atoms with Crippen molar-refractivity contribution in [3.8, 4) is 0 Å². The predicted molar refractivity (Wildman–Crippen MR) is 114 cm³/mol. The molecule has 2 unspecified atom stereocenters. The van der Waals surface area contributed by atoms with Crippen LogP contribution in [0.5, 0.6) is 0 Å². The van der Waals surface area contributed by atoms with Crippen LogP contribution in [0.3, 0.4) is 0 Å². The van der Waals surface area contributed by atoms with E-state index in [1.54, 1.807) is 6.07 Å². The molecule has 9 heteroatoms. The first-order valence-corrected chi connectivity index (χ1v) is 11.1. The fourth-order valence-corrected chi connectivity index (χ4v) is 3.84. The Kier molecular flexibility index (Phi) is 8.37. The van der Waals surface area contributed by atoms with E-state index in [-0.39, 0.29) is 29.7 Å². The Bertz CT molecular complexity index is 703. The first-order chi connectivity index (χ1) is 13.2. The normalized spacial score (nSPS) is 18.3. The van der Waals surface area contributed by atoms with Gasteiger partial charge in [0.1, 0.15) is 11.0 Å². The Labute approximate surface area is 176 Å². The van der Waals surface area contributed by atoms with Gasteiger partial charge in [-0.15, -0.1) is 0 Å². The molecule has 156 valence electrons. The topological polar surface area (TPSA) is 78.4 Å². The maximum atomic E-state index is 12.1. The van der Waals surface area contributed by atoms with E-state index in [2.05, 4.69) is 34.0 Å². The van der Waals surface area contributed by atoms with Crippen LogP contribution < -0.4 is 10.2 Å². The van der Waals surface area contributed by atoms with Crippen LogP contribution in [0, 0.1) is 5.92 Å². The molecule has 2 atom stereocenters. The highest BCUT2D eigenvalue weighted by atomic mass is 35.5. The number of halogens is 1. The maximum Gasteiger partial charge on any atom is 0.230 e. The molecule has 0 radical (unpaired) electrons. The standard InChI is InChI=1S/C19H30ClN5O2S/c1-6-18(27)25-8-7-24(10-13(25)4)16-9-15(20)22-19(23-16)28-11-17(26)21-14(5)12(2)3/h9,12-14H,6-8,10-11H2,1-5H3,(H,21,26). The van der Waals surface area contributed by atoms with Gasteiger partial charge < -0.3 is 15.1 Å². The average Bonchev–Trinajstić information content (AvgIpc) is 2.65. The molecule has 7 nitrogen and oxygen atoms in total. The molecule has 1 aliphatic rings. The van der Waals surface area contributed by atoms with E-state index in [1.807, 2.05) is 25.7 Å². The summed E-state index contributed by atoms with van der Waals surface area (Å²) < 4.78 is 0. The zero-order valence-corrected chi connectivity index (χ0v) is 18.8. The minimum Gasteiger partial charge on any atom is -0.353 e. The van der Waals surface area contributed by atoms with Crippen molar-refractivity contribution < 1.29 is 9.59 Å². The fourth-order valence-electron chi connectivity index (χ4n) is 2.94. The number of rotatable bonds is 7. The number of hydrogen-bond acceptors (Lipinski definition) is 6. The van der Waals surface area contributed by atoms with Crippen molar-refractivity contribution in [2.24, 2.45) is 5.92 Å². The molecule has 0 saturated carbocycles. The van der Waals surface area contributed by atoms with E-state index < -0.39 is 0 Å². The van der Waals surface area contributed by atoms with Gasteiger partial charge in [-0.25, -0.2) is 9.97 Å². The molecule has 1 aliphatic heterocycles. The molecule has 1 fully saturated rings. The number of carbonyl (C=O) groups excluding carboxylic acids is 2. The molecular formula is C19H30ClN5O2S. The predicted octanol–water partition coefficient (Wildman–Crippen LogP) is 2.83. The van der Waals surface area contributed by atoms with E-state index in [0.717, 1.165) is 5.82 Å². The lowest BCUT2D eigenvalue weighted by molar-refractivity contribution is -0.133. The largest absolute Gasteiger partial charge is 0.353 e. The minimum atomic E-state index is -0.0448. The van der Waals surface area contributed by atoms with Gasteiger partial charge in [-0.05, 0) is 19.8 Å². The summed E-state index contributed by atoms with van der Waals surface area (Å²) in [5.41, 5.74) is 0. The smallest absolute Gasteiger partial charge is 0.230 e. The maximum absolute atomic E-state index is 12.1. The number of amides is 2. The summed E-state index contributed by atoms with van der Waals surface area (Å²) >= 11 is 7.47. The average molecular weight is 428 g/mol. The van der Waals surface area contributed by atoms with Gasteiger partial charge in [-0.3, -0.25) is 9.59 Å². The van der Waals surface area contributed by atoms with E-state index in [1.165, 1.54) is 11.8 Å². The Morgan fingerprint density at radius 2 is 2.04 bits per heavy atom. The van der Waals surface area contributed by atoms with Gasteiger partial charge in [0.15, 0.2) is 5.16 Å². The summed E-state index contributed by atoms with van der Waals surface area (Å²) in [5, 5.41) is 3.80. The summed E-state index contributed by atoms with van der Waals surface area (Å²) in [5.74, 6) is 1.48. The molecule has 2 heterocycles. The number of nitrogens with one attached hydrogen (secondary N) is 1. The van der Waals surface area contributed by atoms with E-state index in [9.17, 15) is 9.59 Å². The highest BCUT2D eigenvalue weighted by molar-refractivity contribution is 7.99. The Balaban J connectivity index is 2.00. The van der Waals surface area contributed by atoms with Crippen LogP contribution in [0.1, 0.15) is 41.0 Å². The zero-order chi connectivity index (χ0) is 20.8. The summed E-state index contributed by atoms with van der Waals surface area (Å²) in [6.45, 7) is 12.1. The second-order valence-corrected chi connectivity index (χ2v) is 8.79. The van der Waals surface area contributed by atoms with Gasteiger partial charge in [0, 0.05) is 44.2 Å². The summed E-state index contributed by atoms with van der Waals surface area (Å²) in [6, 6.07) is 1.96. The molecule has 0 aliphatic carbocycles. The molecule has 0 aromatic carbocycles. The highest BCUT2D eigenvalue weighted by Gasteiger charge is 2.27. The molecule has 2 rings (SSSR count). The molecule has 1 aromatic rings. The second-order valence-electron chi connectivity index (χ2n) is 7.46. The Morgan fingerprint density at radius 1 is 1.32 bits per heavy atom. The third-order valence-corrected chi connectivity index (χ3v) is 6.00. The van der Waals surface area contributed by atoms with Crippen molar-refractivity contribution in [1.82, 2.24) is 20.2 Å². The highest BCUT2D eigenvalue weighted by Crippen LogP contribution is 2.24. The number of nitrogens with zero attached hydrogens (tertiary/aromatic N) is 4. The molecule has 28 heavy (non-hydrogen) atoms.